The van der Waals surface area contributed by atoms with E-state index < -0.39 is 16.6 Å². The molecule has 0 aliphatic carbocycles. The van der Waals surface area contributed by atoms with E-state index in [1.54, 1.807) is 0 Å². The predicted octanol–water partition coefficient (Wildman–Crippen LogP) is 0.755. The molecule has 1 aromatic heterocycles. The molecule has 1 fully saturated rings. The molecule has 2 atom stereocenters. The van der Waals surface area contributed by atoms with Crippen LogP contribution in [0, 0.1) is 11.7 Å². The number of nitrogens with zero attached hydrogens (tertiary/aromatic N) is 2. The highest BCUT2D eigenvalue weighted by Gasteiger charge is 2.19. The maximum atomic E-state index is 12.5. The summed E-state index contributed by atoms with van der Waals surface area (Å²) in [4.78, 5) is 7.43. The van der Waals surface area contributed by atoms with Gasteiger partial charge in [0.25, 0.3) is 0 Å². The van der Waals surface area contributed by atoms with E-state index in [1.165, 1.54) is 0 Å². The van der Waals surface area contributed by atoms with Crippen molar-refractivity contribution in [3.8, 4) is 0 Å². The molecule has 4 nitrogen and oxygen atoms in total. The molecule has 90 valence electrons. The van der Waals surface area contributed by atoms with E-state index in [2.05, 4.69) is 15.3 Å². The number of hydrogen-bond acceptors (Lipinski definition) is 4. The smallest absolute Gasteiger partial charge is 0.218 e. The van der Waals surface area contributed by atoms with Crippen LogP contribution >= 0.6 is 12.4 Å². The highest BCUT2D eigenvalue weighted by Crippen LogP contribution is 2.11. The molecule has 1 aliphatic heterocycles. The van der Waals surface area contributed by atoms with E-state index in [0.717, 1.165) is 31.9 Å². The molecule has 0 saturated carbocycles. The summed E-state index contributed by atoms with van der Waals surface area (Å²) in [5, 5.41) is 3.43. The van der Waals surface area contributed by atoms with Gasteiger partial charge in [0, 0.05) is 5.75 Å². The van der Waals surface area contributed by atoms with Crippen molar-refractivity contribution in [2.24, 2.45) is 5.92 Å². The molecule has 0 spiro atoms. The third-order valence-corrected chi connectivity index (χ3v) is 3.74. The van der Waals surface area contributed by atoms with Crippen molar-refractivity contribution in [3.05, 3.63) is 18.2 Å². The van der Waals surface area contributed by atoms with E-state index in [1.807, 2.05) is 0 Å². The Kier molecular flexibility index (Phi) is 5.24. The fourth-order valence-electron chi connectivity index (χ4n) is 1.56. The zero-order chi connectivity index (χ0) is 10.7. The van der Waals surface area contributed by atoms with Crippen molar-refractivity contribution in [1.82, 2.24) is 15.3 Å². The fraction of sp³-hybridized carbons (Fsp3) is 0.556. The summed E-state index contributed by atoms with van der Waals surface area (Å²) in [6.07, 6.45) is 3.13. The lowest BCUT2D eigenvalue weighted by Gasteiger charge is -2.06. The molecule has 0 radical (unpaired) electrons. The van der Waals surface area contributed by atoms with Gasteiger partial charge in [0.2, 0.25) is 5.16 Å². The van der Waals surface area contributed by atoms with Gasteiger partial charge in [-0.25, -0.2) is 14.4 Å². The van der Waals surface area contributed by atoms with Gasteiger partial charge in [-0.1, -0.05) is 0 Å². The summed E-state index contributed by atoms with van der Waals surface area (Å²) in [7, 11) is -1.21. The van der Waals surface area contributed by atoms with E-state index in [-0.39, 0.29) is 17.6 Å². The second-order valence-electron chi connectivity index (χ2n) is 3.55. The second-order valence-corrected chi connectivity index (χ2v) is 4.94. The highest BCUT2D eigenvalue weighted by molar-refractivity contribution is 7.84. The lowest BCUT2D eigenvalue weighted by molar-refractivity contribution is 0.599. The van der Waals surface area contributed by atoms with Gasteiger partial charge in [0.15, 0.2) is 5.82 Å². The van der Waals surface area contributed by atoms with E-state index in [0.29, 0.717) is 11.7 Å². The van der Waals surface area contributed by atoms with Crippen LogP contribution in [-0.2, 0) is 10.8 Å². The fourth-order valence-corrected chi connectivity index (χ4v) is 2.77. The number of nitrogens with one attached hydrogen (secondary N) is 1. The van der Waals surface area contributed by atoms with Crippen LogP contribution in [0.4, 0.5) is 4.39 Å². The molecule has 16 heavy (non-hydrogen) atoms. The van der Waals surface area contributed by atoms with Gasteiger partial charge in [-0.05, 0) is 25.4 Å². The second kappa shape index (κ2) is 6.22. The minimum Gasteiger partial charge on any atom is -0.316 e. The van der Waals surface area contributed by atoms with Gasteiger partial charge < -0.3 is 5.32 Å². The minimum atomic E-state index is -1.21. The van der Waals surface area contributed by atoms with Crippen molar-refractivity contribution in [2.75, 3.05) is 18.8 Å². The third kappa shape index (κ3) is 3.47. The SMILES string of the molecule is Cl.O=S(CC1CCNC1)c1ncc(F)cn1. The molecule has 0 bridgehead atoms. The molecule has 0 amide bonds. The van der Waals surface area contributed by atoms with Gasteiger partial charge in [-0.3, -0.25) is 4.21 Å². The van der Waals surface area contributed by atoms with Crippen LogP contribution in [0.3, 0.4) is 0 Å². The lowest BCUT2D eigenvalue weighted by atomic mass is 10.2. The number of hydrogen-bond donors (Lipinski definition) is 1. The zero-order valence-corrected chi connectivity index (χ0v) is 10.2. The summed E-state index contributed by atoms with van der Waals surface area (Å²) in [5.41, 5.74) is 0. The Morgan fingerprint density at radius 1 is 1.50 bits per heavy atom. The van der Waals surface area contributed by atoms with Gasteiger partial charge in [0.1, 0.15) is 0 Å². The predicted molar refractivity (Wildman–Crippen MR) is 61.5 cm³/mol. The first kappa shape index (κ1) is 13.5. The van der Waals surface area contributed by atoms with Gasteiger partial charge in [0.05, 0.1) is 23.2 Å². The molecule has 7 heteroatoms. The molecule has 1 saturated heterocycles. The Morgan fingerprint density at radius 3 is 2.75 bits per heavy atom. The van der Waals surface area contributed by atoms with Gasteiger partial charge in [-0.15, -0.1) is 12.4 Å². The molecule has 2 unspecified atom stereocenters. The molecule has 1 N–H and O–H groups in total. The molecular weight excluding hydrogens is 253 g/mol. The Balaban J connectivity index is 0.00000128. The summed E-state index contributed by atoms with van der Waals surface area (Å²) < 4.78 is 24.3. The van der Waals surface area contributed by atoms with Crippen molar-refractivity contribution >= 4 is 23.2 Å². The van der Waals surface area contributed by atoms with Crippen molar-refractivity contribution in [3.63, 3.8) is 0 Å². The minimum absolute atomic E-state index is 0. The van der Waals surface area contributed by atoms with Crippen LogP contribution in [-0.4, -0.2) is 33.0 Å². The standard InChI is InChI=1S/C9H12FN3OS.ClH/c10-8-4-12-9(13-5-8)15(14)6-7-1-2-11-3-7;/h4-5,7,11H,1-3,6H2;1H. The summed E-state index contributed by atoms with van der Waals surface area (Å²) >= 11 is 0. The zero-order valence-electron chi connectivity index (χ0n) is 8.56. The van der Waals surface area contributed by atoms with E-state index in [9.17, 15) is 8.60 Å². The monoisotopic (exact) mass is 265 g/mol. The maximum absolute atomic E-state index is 12.5. The van der Waals surface area contributed by atoms with Crippen LogP contribution in [0.1, 0.15) is 6.42 Å². The van der Waals surface area contributed by atoms with Crippen molar-refractivity contribution in [2.45, 2.75) is 11.6 Å². The molecule has 1 aromatic rings. The Labute approximate surface area is 102 Å². The molecule has 2 rings (SSSR count). The maximum Gasteiger partial charge on any atom is 0.218 e. The first-order valence-corrected chi connectivity index (χ1v) is 6.14. The summed E-state index contributed by atoms with van der Waals surface area (Å²) in [6, 6.07) is 0. The topological polar surface area (TPSA) is 54.9 Å². The number of aromatic nitrogens is 2. The quantitative estimate of drug-likeness (QED) is 0.820. The summed E-state index contributed by atoms with van der Waals surface area (Å²) in [5.74, 6) is 0.469. The van der Waals surface area contributed by atoms with Crippen LogP contribution in [0.15, 0.2) is 17.6 Å². The third-order valence-electron chi connectivity index (χ3n) is 2.35. The summed E-state index contributed by atoms with van der Waals surface area (Å²) in [6.45, 7) is 1.87. The van der Waals surface area contributed by atoms with E-state index in [4.69, 9.17) is 0 Å². The Morgan fingerprint density at radius 2 is 2.19 bits per heavy atom. The molecular formula is C9H13ClFN3OS. The average Bonchev–Trinajstić information content (AvgIpc) is 2.71. The number of rotatable bonds is 3. The Hall–Kier alpha value is -0.590. The van der Waals surface area contributed by atoms with Gasteiger partial charge >= 0.3 is 0 Å². The largest absolute Gasteiger partial charge is 0.316 e. The Bertz CT molecular complexity index is 356. The van der Waals surface area contributed by atoms with Crippen molar-refractivity contribution < 1.29 is 8.60 Å². The normalized spacial score (nSPS) is 21.4. The van der Waals surface area contributed by atoms with Gasteiger partial charge in [-0.2, -0.15) is 0 Å². The first-order valence-electron chi connectivity index (χ1n) is 4.82. The molecule has 2 heterocycles. The number of halogens is 2. The first-order chi connectivity index (χ1) is 7.25. The van der Waals surface area contributed by atoms with Crippen LogP contribution in [0.5, 0.6) is 0 Å². The molecule has 1 aliphatic rings. The van der Waals surface area contributed by atoms with Crippen LogP contribution in [0.2, 0.25) is 0 Å². The average molecular weight is 266 g/mol. The van der Waals surface area contributed by atoms with Crippen molar-refractivity contribution in [1.29, 1.82) is 0 Å². The van der Waals surface area contributed by atoms with Crippen LogP contribution < -0.4 is 5.32 Å². The highest BCUT2D eigenvalue weighted by atomic mass is 35.5. The van der Waals surface area contributed by atoms with E-state index >= 15 is 0 Å². The van der Waals surface area contributed by atoms with Crippen LogP contribution in [0.25, 0.3) is 0 Å². The lowest BCUT2D eigenvalue weighted by Crippen LogP contribution is -2.16. The molecule has 0 aromatic carbocycles.